The number of nitrogens with one attached hydrogen (secondary N) is 1. The Balaban J connectivity index is 1.95. The van der Waals surface area contributed by atoms with Crippen LogP contribution in [0, 0.1) is 0 Å². The Bertz CT molecular complexity index is 326. The van der Waals surface area contributed by atoms with Crippen LogP contribution < -0.4 is 5.32 Å². The number of nitrogens with zero attached hydrogens (tertiary/aromatic N) is 2. The molecule has 1 aromatic heterocycles. The minimum atomic E-state index is 0.676. The summed E-state index contributed by atoms with van der Waals surface area (Å²) in [6.07, 6.45) is 4.48. The first-order valence-electron chi connectivity index (χ1n) is 5.78. The second kappa shape index (κ2) is 5.75. The van der Waals surface area contributed by atoms with E-state index in [0.717, 1.165) is 23.3 Å². The molecule has 2 rings (SSSR count). The van der Waals surface area contributed by atoms with Gasteiger partial charge >= 0.3 is 0 Å². The predicted octanol–water partition coefficient (Wildman–Crippen LogP) is 2.03. The van der Waals surface area contributed by atoms with Crippen LogP contribution in [0.4, 0.5) is 0 Å². The number of rotatable bonds is 4. The Kier molecular flexibility index (Phi) is 4.32. The summed E-state index contributed by atoms with van der Waals surface area (Å²) in [6.45, 7) is 3.25. The molecule has 1 fully saturated rings. The summed E-state index contributed by atoms with van der Waals surface area (Å²) in [7, 11) is 2.02. The standard InChI is InChI=1S/C12H18BrN3/c1-14-8-12-3-2-6-16(12)9-11-5-4-10(13)7-15-11/h4-5,7,12,14H,2-3,6,8-9H2,1H3. The van der Waals surface area contributed by atoms with Gasteiger partial charge in [0.1, 0.15) is 0 Å². The molecule has 2 heterocycles. The van der Waals surface area contributed by atoms with Crippen LogP contribution in [0.2, 0.25) is 0 Å². The Hall–Kier alpha value is -0.450. The summed E-state index contributed by atoms with van der Waals surface area (Å²) in [5.41, 5.74) is 1.16. The number of pyridine rings is 1. The van der Waals surface area contributed by atoms with Crippen LogP contribution in [0.25, 0.3) is 0 Å². The summed E-state index contributed by atoms with van der Waals surface area (Å²) in [5, 5.41) is 3.26. The number of hydrogen-bond acceptors (Lipinski definition) is 3. The molecule has 1 atom stereocenters. The fourth-order valence-corrected chi connectivity index (χ4v) is 2.51. The Morgan fingerprint density at radius 2 is 2.44 bits per heavy atom. The number of likely N-dealkylation sites (tertiary alicyclic amines) is 1. The van der Waals surface area contributed by atoms with Crippen LogP contribution in [0.3, 0.4) is 0 Å². The maximum atomic E-state index is 4.43. The molecule has 16 heavy (non-hydrogen) atoms. The van der Waals surface area contributed by atoms with Gasteiger partial charge in [-0.3, -0.25) is 9.88 Å². The highest BCUT2D eigenvalue weighted by atomic mass is 79.9. The Morgan fingerprint density at radius 1 is 1.56 bits per heavy atom. The minimum absolute atomic E-state index is 0.676. The quantitative estimate of drug-likeness (QED) is 0.917. The maximum absolute atomic E-state index is 4.43. The van der Waals surface area contributed by atoms with E-state index in [9.17, 15) is 0 Å². The van der Waals surface area contributed by atoms with Gasteiger partial charge in [-0.15, -0.1) is 0 Å². The van der Waals surface area contributed by atoms with Crippen molar-refractivity contribution in [1.82, 2.24) is 15.2 Å². The number of likely N-dealkylation sites (N-methyl/N-ethyl adjacent to an activating group) is 1. The first-order chi connectivity index (χ1) is 7.79. The van der Waals surface area contributed by atoms with E-state index in [1.807, 2.05) is 13.2 Å². The summed E-state index contributed by atoms with van der Waals surface area (Å²) < 4.78 is 1.05. The van der Waals surface area contributed by atoms with Gasteiger partial charge in [-0.25, -0.2) is 0 Å². The van der Waals surface area contributed by atoms with Gasteiger partial charge in [0, 0.05) is 29.8 Å². The molecule has 1 aliphatic rings. The molecular formula is C12H18BrN3. The molecule has 1 saturated heterocycles. The van der Waals surface area contributed by atoms with E-state index in [2.05, 4.69) is 43.3 Å². The van der Waals surface area contributed by atoms with E-state index >= 15 is 0 Å². The van der Waals surface area contributed by atoms with Crippen LogP contribution in [0.1, 0.15) is 18.5 Å². The fraction of sp³-hybridized carbons (Fsp3) is 0.583. The molecule has 1 aliphatic heterocycles. The Labute approximate surface area is 105 Å². The third kappa shape index (κ3) is 3.03. The molecule has 0 bridgehead atoms. The molecule has 3 nitrogen and oxygen atoms in total. The van der Waals surface area contributed by atoms with E-state index in [1.54, 1.807) is 0 Å². The average molecular weight is 284 g/mol. The van der Waals surface area contributed by atoms with Crippen molar-refractivity contribution in [1.29, 1.82) is 0 Å². The lowest BCUT2D eigenvalue weighted by Crippen LogP contribution is -2.36. The third-order valence-corrected chi connectivity index (χ3v) is 3.56. The largest absolute Gasteiger partial charge is 0.318 e. The zero-order valence-electron chi connectivity index (χ0n) is 9.62. The Morgan fingerprint density at radius 3 is 3.12 bits per heavy atom. The first-order valence-corrected chi connectivity index (χ1v) is 6.58. The molecular weight excluding hydrogens is 266 g/mol. The third-order valence-electron chi connectivity index (χ3n) is 3.09. The SMILES string of the molecule is CNCC1CCCN1Cc1ccc(Br)cn1. The maximum Gasteiger partial charge on any atom is 0.0544 e. The molecule has 1 aromatic rings. The van der Waals surface area contributed by atoms with Crippen molar-refractivity contribution in [2.45, 2.75) is 25.4 Å². The normalized spacial score (nSPS) is 21.5. The van der Waals surface area contributed by atoms with E-state index in [1.165, 1.54) is 19.4 Å². The molecule has 0 aromatic carbocycles. The molecule has 1 N–H and O–H groups in total. The monoisotopic (exact) mass is 283 g/mol. The zero-order valence-corrected chi connectivity index (χ0v) is 11.2. The first kappa shape index (κ1) is 12.0. The molecule has 4 heteroatoms. The van der Waals surface area contributed by atoms with E-state index < -0.39 is 0 Å². The zero-order chi connectivity index (χ0) is 11.4. The fourth-order valence-electron chi connectivity index (χ4n) is 2.28. The highest BCUT2D eigenvalue weighted by Crippen LogP contribution is 2.19. The van der Waals surface area contributed by atoms with Gasteiger partial charge in [0.2, 0.25) is 0 Å². The smallest absolute Gasteiger partial charge is 0.0544 e. The molecule has 0 spiro atoms. The second-order valence-electron chi connectivity index (χ2n) is 4.29. The van der Waals surface area contributed by atoms with Gasteiger partial charge in [-0.05, 0) is 54.5 Å². The second-order valence-corrected chi connectivity index (χ2v) is 5.21. The highest BCUT2D eigenvalue weighted by Gasteiger charge is 2.23. The van der Waals surface area contributed by atoms with Crippen molar-refractivity contribution < 1.29 is 0 Å². The topological polar surface area (TPSA) is 28.2 Å². The van der Waals surface area contributed by atoms with Crippen molar-refractivity contribution in [3.8, 4) is 0 Å². The van der Waals surface area contributed by atoms with E-state index in [4.69, 9.17) is 0 Å². The van der Waals surface area contributed by atoms with Crippen molar-refractivity contribution in [3.05, 3.63) is 28.5 Å². The average Bonchev–Trinajstić information content (AvgIpc) is 2.70. The lowest BCUT2D eigenvalue weighted by molar-refractivity contribution is 0.239. The van der Waals surface area contributed by atoms with Crippen molar-refractivity contribution in [2.75, 3.05) is 20.1 Å². The molecule has 0 saturated carbocycles. The number of aromatic nitrogens is 1. The van der Waals surface area contributed by atoms with Gasteiger partial charge in [-0.1, -0.05) is 0 Å². The van der Waals surface area contributed by atoms with Crippen LogP contribution in [-0.4, -0.2) is 36.1 Å². The minimum Gasteiger partial charge on any atom is -0.318 e. The molecule has 0 radical (unpaired) electrons. The van der Waals surface area contributed by atoms with Gasteiger partial charge in [-0.2, -0.15) is 0 Å². The van der Waals surface area contributed by atoms with Crippen molar-refractivity contribution in [2.24, 2.45) is 0 Å². The summed E-state index contributed by atoms with van der Waals surface area (Å²) in [5.74, 6) is 0. The van der Waals surface area contributed by atoms with Gasteiger partial charge in [0.25, 0.3) is 0 Å². The van der Waals surface area contributed by atoms with Crippen molar-refractivity contribution in [3.63, 3.8) is 0 Å². The van der Waals surface area contributed by atoms with Crippen LogP contribution in [0.5, 0.6) is 0 Å². The molecule has 1 unspecified atom stereocenters. The van der Waals surface area contributed by atoms with E-state index in [0.29, 0.717) is 6.04 Å². The van der Waals surface area contributed by atoms with Crippen LogP contribution in [0.15, 0.2) is 22.8 Å². The molecule has 0 aliphatic carbocycles. The van der Waals surface area contributed by atoms with Crippen molar-refractivity contribution >= 4 is 15.9 Å². The molecule has 88 valence electrons. The van der Waals surface area contributed by atoms with E-state index in [-0.39, 0.29) is 0 Å². The lowest BCUT2D eigenvalue weighted by Gasteiger charge is -2.23. The lowest BCUT2D eigenvalue weighted by atomic mass is 10.2. The number of halogens is 1. The molecule has 0 amide bonds. The highest BCUT2D eigenvalue weighted by molar-refractivity contribution is 9.10. The predicted molar refractivity (Wildman–Crippen MR) is 69.3 cm³/mol. The number of hydrogen-bond donors (Lipinski definition) is 1. The summed E-state index contributed by atoms with van der Waals surface area (Å²) in [4.78, 5) is 6.95. The van der Waals surface area contributed by atoms with Gasteiger partial charge < -0.3 is 5.32 Å². The van der Waals surface area contributed by atoms with Gasteiger partial charge in [0.05, 0.1) is 5.69 Å². The van der Waals surface area contributed by atoms with Gasteiger partial charge in [0.15, 0.2) is 0 Å². The summed E-state index contributed by atoms with van der Waals surface area (Å²) in [6, 6.07) is 4.83. The van der Waals surface area contributed by atoms with Crippen LogP contribution >= 0.6 is 15.9 Å². The summed E-state index contributed by atoms with van der Waals surface area (Å²) >= 11 is 3.41. The van der Waals surface area contributed by atoms with Crippen LogP contribution in [-0.2, 0) is 6.54 Å².